The minimum Gasteiger partial charge on any atom is -0.384 e. The minimum atomic E-state index is -0.163. The van der Waals surface area contributed by atoms with E-state index in [2.05, 4.69) is 31.0 Å². The first-order chi connectivity index (χ1) is 8.45. The molecule has 1 heterocycles. The first kappa shape index (κ1) is 14.7. The van der Waals surface area contributed by atoms with Crippen LogP contribution in [0, 0.1) is 24.7 Å². The number of carbonyl (C=O) groups excluding carboxylic acids is 1. The van der Waals surface area contributed by atoms with Gasteiger partial charge in [0.15, 0.2) is 0 Å². The number of aryl methyl sites for hydroxylation is 1. The summed E-state index contributed by atoms with van der Waals surface area (Å²) in [7, 11) is 0. The summed E-state index contributed by atoms with van der Waals surface area (Å²) in [5, 5.41) is 11.6. The third-order valence-corrected chi connectivity index (χ3v) is 3.93. The average Bonchev–Trinajstić information content (AvgIpc) is 2.68. The van der Waals surface area contributed by atoms with E-state index < -0.39 is 0 Å². The van der Waals surface area contributed by atoms with Gasteiger partial charge in [0.2, 0.25) is 0 Å². The van der Waals surface area contributed by atoms with Gasteiger partial charge < -0.3 is 10.4 Å². The zero-order chi connectivity index (χ0) is 13.7. The Morgan fingerprint density at radius 1 is 1.50 bits per heavy atom. The Hall–Kier alpha value is -1.31. The molecule has 98 valence electrons. The molecule has 0 saturated heterocycles. The standard InChI is InChI=1S/C14H19NO2S/c1-9(2)11(4)15-14(17)13-8-10(3)12(18-13)6-5-7-16/h8-9,11,16H,7H2,1-4H3,(H,15,17). The number of hydrogen-bond donors (Lipinski definition) is 2. The van der Waals surface area contributed by atoms with Gasteiger partial charge in [0.25, 0.3) is 5.91 Å². The fourth-order valence-electron chi connectivity index (χ4n) is 1.28. The second kappa shape index (κ2) is 6.58. The van der Waals surface area contributed by atoms with Crippen molar-refractivity contribution < 1.29 is 9.90 Å². The Kier molecular flexibility index (Phi) is 5.39. The lowest BCUT2D eigenvalue weighted by Gasteiger charge is -2.16. The maximum absolute atomic E-state index is 12.0. The summed E-state index contributed by atoms with van der Waals surface area (Å²) in [6.45, 7) is 7.89. The van der Waals surface area contributed by atoms with Crippen LogP contribution in [0.15, 0.2) is 6.07 Å². The molecule has 0 aliphatic rings. The molecule has 0 fully saturated rings. The zero-order valence-electron chi connectivity index (χ0n) is 11.2. The topological polar surface area (TPSA) is 49.3 Å². The highest BCUT2D eigenvalue weighted by Crippen LogP contribution is 2.21. The summed E-state index contributed by atoms with van der Waals surface area (Å²) >= 11 is 1.36. The summed E-state index contributed by atoms with van der Waals surface area (Å²) in [5.41, 5.74) is 0.975. The van der Waals surface area contributed by atoms with E-state index in [4.69, 9.17) is 5.11 Å². The lowest BCUT2D eigenvalue weighted by atomic mass is 10.1. The second-order valence-electron chi connectivity index (χ2n) is 4.59. The SMILES string of the molecule is Cc1cc(C(=O)NC(C)C(C)C)sc1C#CCO. The van der Waals surface area contributed by atoms with E-state index in [1.54, 1.807) is 0 Å². The molecule has 0 radical (unpaired) electrons. The van der Waals surface area contributed by atoms with Crippen LogP contribution < -0.4 is 5.32 Å². The van der Waals surface area contributed by atoms with Crippen LogP contribution in [0.3, 0.4) is 0 Å². The van der Waals surface area contributed by atoms with Gasteiger partial charge in [-0.2, -0.15) is 0 Å². The number of rotatable bonds is 3. The van der Waals surface area contributed by atoms with Crippen LogP contribution in [0.4, 0.5) is 0 Å². The number of carbonyl (C=O) groups is 1. The molecule has 0 saturated carbocycles. The monoisotopic (exact) mass is 265 g/mol. The van der Waals surface area contributed by atoms with Gasteiger partial charge in [0.05, 0.1) is 9.75 Å². The van der Waals surface area contributed by atoms with Crippen LogP contribution in [0.25, 0.3) is 0 Å². The van der Waals surface area contributed by atoms with E-state index in [1.165, 1.54) is 11.3 Å². The van der Waals surface area contributed by atoms with Gasteiger partial charge in [-0.1, -0.05) is 25.7 Å². The fourth-order valence-corrected chi connectivity index (χ4v) is 2.23. The molecule has 1 aromatic heterocycles. The number of aliphatic hydroxyl groups is 1. The van der Waals surface area contributed by atoms with Crippen molar-refractivity contribution >= 4 is 17.2 Å². The molecule has 1 unspecified atom stereocenters. The van der Waals surface area contributed by atoms with Gasteiger partial charge in [-0.3, -0.25) is 4.79 Å². The largest absolute Gasteiger partial charge is 0.384 e. The number of nitrogens with one attached hydrogen (secondary N) is 1. The number of aliphatic hydroxyl groups excluding tert-OH is 1. The normalized spacial score (nSPS) is 11.9. The maximum Gasteiger partial charge on any atom is 0.261 e. The molecule has 3 nitrogen and oxygen atoms in total. The lowest BCUT2D eigenvalue weighted by Crippen LogP contribution is -2.35. The number of thiophene rings is 1. The molecule has 1 rings (SSSR count). The van der Waals surface area contributed by atoms with Crippen molar-refractivity contribution in [2.75, 3.05) is 6.61 Å². The highest BCUT2D eigenvalue weighted by atomic mass is 32.1. The molecule has 2 N–H and O–H groups in total. The molecule has 0 bridgehead atoms. The van der Waals surface area contributed by atoms with Gasteiger partial charge in [0.1, 0.15) is 6.61 Å². The van der Waals surface area contributed by atoms with Crippen molar-refractivity contribution in [1.29, 1.82) is 0 Å². The van der Waals surface area contributed by atoms with Gasteiger partial charge in [0, 0.05) is 6.04 Å². The molecule has 4 heteroatoms. The van der Waals surface area contributed by atoms with E-state index in [1.807, 2.05) is 19.9 Å². The van der Waals surface area contributed by atoms with Crippen molar-refractivity contribution in [3.05, 3.63) is 21.4 Å². The highest BCUT2D eigenvalue weighted by molar-refractivity contribution is 7.14. The smallest absolute Gasteiger partial charge is 0.261 e. The molecule has 18 heavy (non-hydrogen) atoms. The number of hydrogen-bond acceptors (Lipinski definition) is 3. The molecule has 0 aromatic carbocycles. The van der Waals surface area contributed by atoms with E-state index in [-0.39, 0.29) is 18.6 Å². The quantitative estimate of drug-likeness (QED) is 0.823. The summed E-state index contributed by atoms with van der Waals surface area (Å²) in [6, 6.07) is 1.99. The Balaban J connectivity index is 2.81. The Labute approximate surface area is 112 Å². The third kappa shape index (κ3) is 3.86. The molecular weight excluding hydrogens is 246 g/mol. The first-order valence-corrected chi connectivity index (χ1v) is 6.78. The molecule has 0 spiro atoms. The van der Waals surface area contributed by atoms with Crippen LogP contribution in [-0.2, 0) is 0 Å². The van der Waals surface area contributed by atoms with Crippen molar-refractivity contribution in [2.45, 2.75) is 33.7 Å². The lowest BCUT2D eigenvalue weighted by molar-refractivity contribution is 0.0934. The van der Waals surface area contributed by atoms with Gasteiger partial charge in [-0.25, -0.2) is 0 Å². The van der Waals surface area contributed by atoms with Gasteiger partial charge in [-0.05, 0) is 31.4 Å². The summed E-state index contributed by atoms with van der Waals surface area (Å²) in [5.74, 6) is 5.81. The van der Waals surface area contributed by atoms with E-state index >= 15 is 0 Å². The van der Waals surface area contributed by atoms with Crippen LogP contribution in [0.5, 0.6) is 0 Å². The third-order valence-electron chi connectivity index (χ3n) is 2.78. The molecule has 0 aliphatic heterocycles. The predicted molar refractivity (Wildman–Crippen MR) is 74.8 cm³/mol. The predicted octanol–water partition coefficient (Wildman–Crippen LogP) is 2.17. The van der Waals surface area contributed by atoms with Crippen molar-refractivity contribution in [3.63, 3.8) is 0 Å². The van der Waals surface area contributed by atoms with Crippen molar-refractivity contribution in [2.24, 2.45) is 5.92 Å². The summed E-state index contributed by atoms with van der Waals surface area (Å²) in [6.07, 6.45) is 0. The Morgan fingerprint density at radius 3 is 2.72 bits per heavy atom. The molecule has 1 amide bonds. The minimum absolute atomic E-state index is 0.0543. The first-order valence-electron chi connectivity index (χ1n) is 5.96. The fraction of sp³-hybridized carbons (Fsp3) is 0.500. The average molecular weight is 265 g/mol. The number of amides is 1. The van der Waals surface area contributed by atoms with Crippen LogP contribution in [0.1, 0.15) is 40.9 Å². The van der Waals surface area contributed by atoms with Crippen LogP contribution in [0.2, 0.25) is 0 Å². The Bertz CT molecular complexity index is 480. The van der Waals surface area contributed by atoms with Crippen LogP contribution >= 0.6 is 11.3 Å². The molecule has 0 aliphatic carbocycles. The van der Waals surface area contributed by atoms with E-state index in [9.17, 15) is 4.79 Å². The zero-order valence-corrected chi connectivity index (χ0v) is 12.0. The van der Waals surface area contributed by atoms with Crippen LogP contribution in [-0.4, -0.2) is 23.7 Å². The Morgan fingerprint density at radius 2 is 2.17 bits per heavy atom. The van der Waals surface area contributed by atoms with Crippen molar-refractivity contribution in [1.82, 2.24) is 5.32 Å². The molecule has 1 aromatic rings. The van der Waals surface area contributed by atoms with E-state index in [0.29, 0.717) is 10.8 Å². The highest BCUT2D eigenvalue weighted by Gasteiger charge is 2.15. The molecular formula is C14H19NO2S. The molecule has 1 atom stereocenters. The van der Waals surface area contributed by atoms with Gasteiger partial charge in [-0.15, -0.1) is 11.3 Å². The van der Waals surface area contributed by atoms with E-state index in [0.717, 1.165) is 10.4 Å². The second-order valence-corrected chi connectivity index (χ2v) is 5.64. The van der Waals surface area contributed by atoms with Crippen molar-refractivity contribution in [3.8, 4) is 11.8 Å². The summed E-state index contributed by atoms with van der Waals surface area (Å²) in [4.78, 5) is 13.5. The van der Waals surface area contributed by atoms with Gasteiger partial charge >= 0.3 is 0 Å². The maximum atomic E-state index is 12.0. The summed E-state index contributed by atoms with van der Waals surface area (Å²) < 4.78 is 0.